The molecule has 0 N–H and O–H groups in total. The minimum absolute atomic E-state index is 0.522. The van der Waals surface area contributed by atoms with Gasteiger partial charge in [0.05, 0.1) is 5.56 Å². The van der Waals surface area contributed by atoms with Crippen molar-refractivity contribution in [2.45, 2.75) is 26.9 Å². The third kappa shape index (κ3) is 2.99. The van der Waals surface area contributed by atoms with Crippen molar-refractivity contribution < 1.29 is 9.53 Å². The van der Waals surface area contributed by atoms with Crippen LogP contribution in [0.2, 0.25) is 0 Å². The summed E-state index contributed by atoms with van der Waals surface area (Å²) in [6.45, 7) is 4.62. The highest BCUT2D eigenvalue weighted by atomic mass is 32.1. The van der Waals surface area contributed by atoms with E-state index in [1.54, 1.807) is 11.3 Å². The lowest BCUT2D eigenvalue weighted by Gasteiger charge is -2.07. The largest absolute Gasteiger partial charge is 0.487 e. The van der Waals surface area contributed by atoms with Crippen LogP contribution in [0.5, 0.6) is 5.75 Å². The first-order valence-electron chi connectivity index (χ1n) is 5.99. The van der Waals surface area contributed by atoms with Crippen LogP contribution in [0.3, 0.4) is 0 Å². The Morgan fingerprint density at radius 3 is 2.67 bits per heavy atom. The third-order valence-electron chi connectivity index (χ3n) is 2.73. The number of aldehydes is 1. The van der Waals surface area contributed by atoms with Gasteiger partial charge in [0.25, 0.3) is 0 Å². The molecular weight excluding hydrogens is 244 g/mol. The molecule has 2 nitrogen and oxygen atoms in total. The molecule has 0 radical (unpaired) electrons. The average Bonchev–Trinajstić information content (AvgIpc) is 2.85. The molecule has 1 aromatic heterocycles. The first-order valence-corrected chi connectivity index (χ1v) is 6.80. The van der Waals surface area contributed by atoms with Gasteiger partial charge >= 0.3 is 0 Å². The van der Waals surface area contributed by atoms with E-state index in [-0.39, 0.29) is 0 Å². The molecular formula is C15H16O2S. The van der Waals surface area contributed by atoms with E-state index in [2.05, 4.69) is 19.1 Å². The first kappa shape index (κ1) is 12.8. The van der Waals surface area contributed by atoms with Crippen molar-refractivity contribution in [3.8, 4) is 5.75 Å². The summed E-state index contributed by atoms with van der Waals surface area (Å²) < 4.78 is 5.71. The van der Waals surface area contributed by atoms with Crippen LogP contribution >= 0.6 is 11.3 Å². The van der Waals surface area contributed by atoms with Gasteiger partial charge in [-0.15, -0.1) is 11.3 Å². The number of thiophene rings is 1. The van der Waals surface area contributed by atoms with Crippen molar-refractivity contribution in [3.05, 3.63) is 51.2 Å². The topological polar surface area (TPSA) is 26.3 Å². The Hall–Kier alpha value is -1.61. The van der Waals surface area contributed by atoms with Crippen molar-refractivity contribution in [1.29, 1.82) is 0 Å². The van der Waals surface area contributed by atoms with Gasteiger partial charge < -0.3 is 4.74 Å². The molecule has 0 unspecified atom stereocenters. The van der Waals surface area contributed by atoms with E-state index in [0.717, 1.165) is 18.3 Å². The highest BCUT2D eigenvalue weighted by molar-refractivity contribution is 7.11. The van der Waals surface area contributed by atoms with Crippen LogP contribution in [0.25, 0.3) is 0 Å². The van der Waals surface area contributed by atoms with Gasteiger partial charge in [-0.3, -0.25) is 4.79 Å². The fraction of sp³-hybridized carbons (Fsp3) is 0.267. The molecule has 0 atom stereocenters. The minimum atomic E-state index is 0.522. The normalized spacial score (nSPS) is 10.3. The smallest absolute Gasteiger partial charge is 0.153 e. The summed E-state index contributed by atoms with van der Waals surface area (Å²) in [4.78, 5) is 13.5. The molecule has 0 amide bonds. The highest BCUT2D eigenvalue weighted by Crippen LogP contribution is 2.22. The van der Waals surface area contributed by atoms with Crippen molar-refractivity contribution >= 4 is 17.6 Å². The maximum atomic E-state index is 11.0. The van der Waals surface area contributed by atoms with Crippen molar-refractivity contribution in [2.75, 3.05) is 0 Å². The zero-order chi connectivity index (χ0) is 13.0. The van der Waals surface area contributed by atoms with E-state index in [9.17, 15) is 4.79 Å². The second-order valence-electron chi connectivity index (χ2n) is 4.17. The molecule has 18 heavy (non-hydrogen) atoms. The van der Waals surface area contributed by atoms with E-state index < -0.39 is 0 Å². The van der Waals surface area contributed by atoms with E-state index >= 15 is 0 Å². The van der Waals surface area contributed by atoms with E-state index in [1.165, 1.54) is 9.75 Å². The number of benzene rings is 1. The summed E-state index contributed by atoms with van der Waals surface area (Å²) in [5, 5.41) is 0. The predicted molar refractivity (Wildman–Crippen MR) is 74.6 cm³/mol. The molecule has 94 valence electrons. The van der Waals surface area contributed by atoms with Crippen molar-refractivity contribution in [1.82, 2.24) is 0 Å². The van der Waals surface area contributed by atoms with E-state index in [0.29, 0.717) is 17.9 Å². The average molecular weight is 260 g/mol. The summed E-state index contributed by atoms with van der Waals surface area (Å²) in [7, 11) is 0. The van der Waals surface area contributed by atoms with Gasteiger partial charge in [-0.2, -0.15) is 0 Å². The Kier molecular flexibility index (Phi) is 4.15. The third-order valence-corrected chi connectivity index (χ3v) is 3.93. The number of carbonyl (C=O) groups excluding carboxylic acids is 1. The lowest BCUT2D eigenvalue weighted by Crippen LogP contribution is -1.96. The maximum absolute atomic E-state index is 11.0. The number of hydrogen-bond acceptors (Lipinski definition) is 3. The predicted octanol–water partition coefficient (Wildman–Crippen LogP) is 4.01. The molecule has 0 fully saturated rings. The van der Waals surface area contributed by atoms with Gasteiger partial charge in [-0.25, -0.2) is 0 Å². The Bertz CT molecular complexity index is 543. The summed E-state index contributed by atoms with van der Waals surface area (Å²) in [5.41, 5.74) is 1.68. The standard InChI is InChI=1S/C15H16O2S/c1-3-13-5-6-14(18-13)10-17-15-7-4-11(2)8-12(15)9-16/h4-9H,3,10H2,1-2H3. The molecule has 0 bridgehead atoms. The number of aryl methyl sites for hydroxylation is 2. The quantitative estimate of drug-likeness (QED) is 0.759. The summed E-state index contributed by atoms with van der Waals surface area (Å²) >= 11 is 1.76. The first-order chi connectivity index (χ1) is 8.72. The lowest BCUT2D eigenvalue weighted by atomic mass is 10.1. The number of ether oxygens (including phenoxy) is 1. The van der Waals surface area contributed by atoms with Gasteiger partial charge in [-0.05, 0) is 37.6 Å². The van der Waals surface area contributed by atoms with Gasteiger partial charge in [0, 0.05) is 9.75 Å². The minimum Gasteiger partial charge on any atom is -0.487 e. The zero-order valence-corrected chi connectivity index (χ0v) is 11.4. The molecule has 1 aromatic carbocycles. The van der Waals surface area contributed by atoms with Gasteiger partial charge in [0.1, 0.15) is 12.4 Å². The van der Waals surface area contributed by atoms with Gasteiger partial charge in [0.15, 0.2) is 6.29 Å². The van der Waals surface area contributed by atoms with Crippen LogP contribution in [-0.4, -0.2) is 6.29 Å². The van der Waals surface area contributed by atoms with Crippen LogP contribution in [-0.2, 0) is 13.0 Å². The zero-order valence-electron chi connectivity index (χ0n) is 10.6. The van der Waals surface area contributed by atoms with Crippen molar-refractivity contribution in [3.63, 3.8) is 0 Å². The lowest BCUT2D eigenvalue weighted by molar-refractivity contribution is 0.111. The molecule has 2 aromatic rings. The molecule has 0 aliphatic rings. The van der Waals surface area contributed by atoms with E-state index in [4.69, 9.17) is 4.74 Å². The Morgan fingerprint density at radius 1 is 1.22 bits per heavy atom. The SMILES string of the molecule is CCc1ccc(COc2ccc(C)cc2C=O)s1. The molecule has 0 saturated carbocycles. The number of hydrogen-bond donors (Lipinski definition) is 0. The summed E-state index contributed by atoms with van der Waals surface area (Å²) in [6.07, 6.45) is 1.89. The van der Waals surface area contributed by atoms with Crippen LogP contribution in [0, 0.1) is 6.92 Å². The van der Waals surface area contributed by atoms with Crippen LogP contribution in [0.1, 0.15) is 32.6 Å². The van der Waals surface area contributed by atoms with Crippen LogP contribution < -0.4 is 4.74 Å². The van der Waals surface area contributed by atoms with Crippen molar-refractivity contribution in [2.24, 2.45) is 0 Å². The molecule has 0 spiro atoms. The second-order valence-corrected chi connectivity index (χ2v) is 5.42. The molecule has 2 rings (SSSR count). The van der Waals surface area contributed by atoms with E-state index in [1.807, 2.05) is 25.1 Å². The molecule has 0 saturated heterocycles. The Balaban J connectivity index is 2.07. The maximum Gasteiger partial charge on any atom is 0.153 e. The summed E-state index contributed by atoms with van der Waals surface area (Å²) in [5.74, 6) is 0.655. The van der Waals surface area contributed by atoms with Gasteiger partial charge in [0.2, 0.25) is 0 Å². The Morgan fingerprint density at radius 2 is 2.00 bits per heavy atom. The molecule has 3 heteroatoms. The fourth-order valence-electron chi connectivity index (χ4n) is 1.73. The number of rotatable bonds is 5. The highest BCUT2D eigenvalue weighted by Gasteiger charge is 2.05. The summed E-state index contributed by atoms with van der Waals surface area (Å²) in [6, 6.07) is 9.85. The number of carbonyl (C=O) groups is 1. The fourth-order valence-corrected chi connectivity index (χ4v) is 2.60. The second kappa shape index (κ2) is 5.83. The molecule has 0 aliphatic heterocycles. The molecule has 0 aliphatic carbocycles. The van der Waals surface area contributed by atoms with Crippen LogP contribution in [0.15, 0.2) is 30.3 Å². The van der Waals surface area contributed by atoms with Gasteiger partial charge in [-0.1, -0.05) is 18.6 Å². The molecule has 1 heterocycles. The monoisotopic (exact) mass is 260 g/mol. The Labute approximate surface area is 111 Å². The van der Waals surface area contributed by atoms with Crippen LogP contribution in [0.4, 0.5) is 0 Å².